The molecule has 2 aliphatic rings. The standard InChI is InChI=1S/C19H24N4O/c1-13(14-6-8-17(9-7-14)23-11-10-20-12-23)21-19(24)22-18(15-2-3-15)16-4-5-16/h6-13,15-16,18H,2-5H2,1H3,(H2,21,22,24)/t13-/m1/s1. The number of nitrogens with one attached hydrogen (secondary N) is 2. The first kappa shape index (κ1) is 15.2. The first-order valence-electron chi connectivity index (χ1n) is 8.86. The number of rotatable bonds is 6. The average Bonchev–Trinajstić information content (AvgIpc) is 3.52. The van der Waals surface area contributed by atoms with Gasteiger partial charge >= 0.3 is 6.03 Å². The summed E-state index contributed by atoms with van der Waals surface area (Å²) in [6.07, 6.45) is 10.5. The Morgan fingerprint density at radius 2 is 1.79 bits per heavy atom. The van der Waals surface area contributed by atoms with Gasteiger partial charge in [0, 0.05) is 24.1 Å². The van der Waals surface area contributed by atoms with Crippen LogP contribution in [0.4, 0.5) is 4.79 Å². The molecule has 1 aromatic carbocycles. The molecule has 5 nitrogen and oxygen atoms in total. The van der Waals surface area contributed by atoms with Crippen LogP contribution >= 0.6 is 0 Å². The van der Waals surface area contributed by atoms with E-state index in [1.165, 1.54) is 25.7 Å². The predicted octanol–water partition coefficient (Wildman–Crippen LogP) is 3.42. The Balaban J connectivity index is 1.35. The van der Waals surface area contributed by atoms with Crippen LogP contribution in [-0.2, 0) is 0 Å². The van der Waals surface area contributed by atoms with Crippen molar-refractivity contribution in [3.8, 4) is 5.69 Å². The van der Waals surface area contributed by atoms with Crippen LogP contribution in [-0.4, -0.2) is 21.6 Å². The number of nitrogens with zero attached hydrogens (tertiary/aromatic N) is 2. The lowest BCUT2D eigenvalue weighted by Crippen LogP contribution is -2.45. The molecule has 0 saturated heterocycles. The molecule has 24 heavy (non-hydrogen) atoms. The van der Waals surface area contributed by atoms with E-state index in [1.54, 1.807) is 12.5 Å². The second-order valence-corrected chi connectivity index (χ2v) is 7.10. The van der Waals surface area contributed by atoms with Crippen LogP contribution in [0.15, 0.2) is 43.0 Å². The zero-order valence-corrected chi connectivity index (χ0v) is 14.0. The van der Waals surface area contributed by atoms with Gasteiger partial charge in [0.05, 0.1) is 12.4 Å². The fourth-order valence-corrected chi connectivity index (χ4v) is 3.35. The number of benzene rings is 1. The fourth-order valence-electron chi connectivity index (χ4n) is 3.35. The van der Waals surface area contributed by atoms with Gasteiger partial charge in [0.25, 0.3) is 0 Å². The second kappa shape index (κ2) is 6.30. The number of hydrogen-bond donors (Lipinski definition) is 2. The summed E-state index contributed by atoms with van der Waals surface area (Å²) in [6.45, 7) is 2.02. The summed E-state index contributed by atoms with van der Waals surface area (Å²) >= 11 is 0. The summed E-state index contributed by atoms with van der Waals surface area (Å²) < 4.78 is 1.96. The van der Waals surface area contributed by atoms with Gasteiger partial charge in [0.1, 0.15) is 0 Å². The lowest BCUT2D eigenvalue weighted by molar-refractivity contribution is 0.230. The normalized spacial score (nSPS) is 18.4. The third-order valence-corrected chi connectivity index (χ3v) is 5.10. The molecule has 2 aliphatic carbocycles. The highest BCUT2D eigenvalue weighted by molar-refractivity contribution is 5.75. The van der Waals surface area contributed by atoms with Crippen molar-refractivity contribution in [2.75, 3.05) is 0 Å². The molecule has 2 aromatic rings. The van der Waals surface area contributed by atoms with E-state index < -0.39 is 0 Å². The molecule has 0 radical (unpaired) electrons. The maximum absolute atomic E-state index is 12.3. The van der Waals surface area contributed by atoms with E-state index >= 15 is 0 Å². The molecule has 0 spiro atoms. The quantitative estimate of drug-likeness (QED) is 0.855. The van der Waals surface area contributed by atoms with Crippen molar-refractivity contribution in [3.63, 3.8) is 0 Å². The monoisotopic (exact) mass is 324 g/mol. The van der Waals surface area contributed by atoms with Crippen molar-refractivity contribution in [3.05, 3.63) is 48.5 Å². The van der Waals surface area contributed by atoms with Gasteiger partial charge in [-0.05, 0) is 62.1 Å². The third kappa shape index (κ3) is 3.45. The minimum atomic E-state index is -0.0370. The van der Waals surface area contributed by atoms with Crippen LogP contribution in [0.5, 0.6) is 0 Å². The third-order valence-electron chi connectivity index (χ3n) is 5.10. The number of carbonyl (C=O) groups is 1. The topological polar surface area (TPSA) is 59.0 Å². The van der Waals surface area contributed by atoms with E-state index in [0.717, 1.165) is 11.3 Å². The summed E-state index contributed by atoms with van der Waals surface area (Å²) in [5.74, 6) is 1.43. The van der Waals surface area contributed by atoms with Crippen LogP contribution in [0, 0.1) is 11.8 Å². The van der Waals surface area contributed by atoms with Crippen LogP contribution in [0.25, 0.3) is 5.69 Å². The van der Waals surface area contributed by atoms with Crippen molar-refractivity contribution in [2.45, 2.75) is 44.7 Å². The minimum Gasteiger partial charge on any atom is -0.335 e. The van der Waals surface area contributed by atoms with E-state index in [9.17, 15) is 4.79 Å². The van der Waals surface area contributed by atoms with Crippen molar-refractivity contribution < 1.29 is 4.79 Å². The largest absolute Gasteiger partial charge is 0.335 e. The molecular weight excluding hydrogens is 300 g/mol. The van der Waals surface area contributed by atoms with Crippen LogP contribution in [0.3, 0.4) is 0 Å². The average molecular weight is 324 g/mol. The van der Waals surface area contributed by atoms with Crippen molar-refractivity contribution in [1.82, 2.24) is 20.2 Å². The van der Waals surface area contributed by atoms with Gasteiger partial charge in [0.15, 0.2) is 0 Å². The predicted molar refractivity (Wildman–Crippen MR) is 92.9 cm³/mol. The first-order chi connectivity index (χ1) is 11.7. The highest BCUT2D eigenvalue weighted by Crippen LogP contribution is 2.44. The zero-order chi connectivity index (χ0) is 16.5. The maximum atomic E-state index is 12.3. The molecule has 1 aromatic heterocycles. The highest BCUT2D eigenvalue weighted by Gasteiger charge is 2.42. The SMILES string of the molecule is C[C@@H](NC(=O)NC(C1CC1)C1CC1)c1ccc(-n2ccnc2)cc1. The van der Waals surface area contributed by atoms with Gasteiger partial charge in [-0.15, -0.1) is 0 Å². The van der Waals surface area contributed by atoms with Gasteiger partial charge < -0.3 is 15.2 Å². The van der Waals surface area contributed by atoms with E-state index in [1.807, 2.05) is 29.8 Å². The summed E-state index contributed by atoms with van der Waals surface area (Å²) in [5.41, 5.74) is 2.17. The Labute approximate surface area is 142 Å². The van der Waals surface area contributed by atoms with Crippen LogP contribution < -0.4 is 10.6 Å². The van der Waals surface area contributed by atoms with Gasteiger partial charge in [-0.25, -0.2) is 9.78 Å². The van der Waals surface area contributed by atoms with Crippen LogP contribution in [0.2, 0.25) is 0 Å². The van der Waals surface area contributed by atoms with Crippen molar-refractivity contribution in [1.29, 1.82) is 0 Å². The van der Waals surface area contributed by atoms with Crippen LogP contribution in [0.1, 0.15) is 44.2 Å². The summed E-state index contributed by atoms with van der Waals surface area (Å²) in [6, 6.07) is 8.54. The second-order valence-electron chi connectivity index (χ2n) is 7.10. The summed E-state index contributed by atoms with van der Waals surface area (Å²) in [7, 11) is 0. The first-order valence-corrected chi connectivity index (χ1v) is 8.86. The van der Waals surface area contributed by atoms with E-state index in [2.05, 4.69) is 27.8 Å². The summed E-state index contributed by atoms with van der Waals surface area (Å²) in [4.78, 5) is 16.4. The van der Waals surface area contributed by atoms with Gasteiger partial charge in [0.2, 0.25) is 0 Å². The molecule has 5 heteroatoms. The minimum absolute atomic E-state index is 0.0131. The van der Waals surface area contributed by atoms with Crippen molar-refractivity contribution in [2.24, 2.45) is 11.8 Å². The van der Waals surface area contributed by atoms with Crippen molar-refractivity contribution >= 4 is 6.03 Å². The molecule has 0 aliphatic heterocycles. The number of carbonyl (C=O) groups excluding carboxylic acids is 1. The molecular formula is C19H24N4O. The maximum Gasteiger partial charge on any atom is 0.315 e. The number of hydrogen-bond acceptors (Lipinski definition) is 2. The molecule has 1 atom stereocenters. The number of urea groups is 1. The smallest absolute Gasteiger partial charge is 0.315 e. The molecule has 2 fully saturated rings. The molecule has 2 amide bonds. The molecule has 1 heterocycles. The van der Waals surface area contributed by atoms with E-state index in [0.29, 0.717) is 17.9 Å². The van der Waals surface area contributed by atoms with Gasteiger partial charge in [-0.3, -0.25) is 0 Å². The fraction of sp³-hybridized carbons (Fsp3) is 0.474. The highest BCUT2D eigenvalue weighted by atomic mass is 16.2. The Morgan fingerprint density at radius 1 is 1.12 bits per heavy atom. The molecule has 2 saturated carbocycles. The Hall–Kier alpha value is -2.30. The zero-order valence-electron chi connectivity index (χ0n) is 14.0. The molecule has 2 N–H and O–H groups in total. The molecule has 0 unspecified atom stereocenters. The number of amides is 2. The van der Waals surface area contributed by atoms with E-state index in [-0.39, 0.29) is 12.1 Å². The molecule has 126 valence electrons. The molecule has 4 rings (SSSR count). The Kier molecular flexibility index (Phi) is 4.00. The lowest BCUT2D eigenvalue weighted by atomic mass is 10.1. The lowest BCUT2D eigenvalue weighted by Gasteiger charge is -2.21. The molecule has 0 bridgehead atoms. The Bertz CT molecular complexity index is 675. The Morgan fingerprint density at radius 3 is 2.33 bits per heavy atom. The van der Waals surface area contributed by atoms with Gasteiger partial charge in [-0.2, -0.15) is 0 Å². The summed E-state index contributed by atoms with van der Waals surface area (Å²) in [5, 5.41) is 6.29. The number of imidazole rings is 1. The van der Waals surface area contributed by atoms with E-state index in [4.69, 9.17) is 0 Å². The number of aromatic nitrogens is 2. The van der Waals surface area contributed by atoms with Gasteiger partial charge in [-0.1, -0.05) is 12.1 Å².